The second kappa shape index (κ2) is 10.6. The molecule has 1 aromatic carbocycles. The first-order chi connectivity index (χ1) is 15.3. The summed E-state index contributed by atoms with van der Waals surface area (Å²) in [7, 11) is 0. The zero-order valence-electron chi connectivity index (χ0n) is 17.4. The van der Waals surface area contributed by atoms with E-state index in [-0.39, 0.29) is 18.1 Å². The fourth-order valence-corrected chi connectivity index (χ4v) is 3.57. The van der Waals surface area contributed by atoms with Gasteiger partial charge in [-0.1, -0.05) is 30.3 Å². The van der Waals surface area contributed by atoms with E-state index in [1.165, 1.54) is 18.4 Å². The lowest BCUT2D eigenvalue weighted by Gasteiger charge is -2.28. The number of carboxylic acid groups (broad SMARTS) is 1. The van der Waals surface area contributed by atoms with Gasteiger partial charge in [-0.3, -0.25) is 9.78 Å². The molecular weight excluding hydrogens is 425 g/mol. The highest BCUT2D eigenvalue weighted by molar-refractivity contribution is 5.94. The van der Waals surface area contributed by atoms with Gasteiger partial charge in [0.25, 0.3) is 5.91 Å². The summed E-state index contributed by atoms with van der Waals surface area (Å²) in [5.41, 5.74) is 1.90. The zero-order chi connectivity index (χ0) is 23.1. The molecule has 6 nitrogen and oxygen atoms in total. The van der Waals surface area contributed by atoms with Gasteiger partial charge in [0.15, 0.2) is 0 Å². The van der Waals surface area contributed by atoms with Gasteiger partial charge in [-0.05, 0) is 49.3 Å². The number of hydrogen-bond acceptors (Lipinski definition) is 4. The molecule has 1 amide bonds. The number of pyridine rings is 1. The van der Waals surface area contributed by atoms with Crippen molar-refractivity contribution in [3.8, 4) is 0 Å². The van der Waals surface area contributed by atoms with Crippen molar-refractivity contribution < 1.29 is 32.6 Å². The number of aromatic nitrogens is 1. The highest BCUT2D eigenvalue weighted by atomic mass is 19.4. The van der Waals surface area contributed by atoms with E-state index in [0.717, 1.165) is 31.9 Å². The summed E-state index contributed by atoms with van der Waals surface area (Å²) in [6, 6.07) is 14.1. The Labute approximate surface area is 184 Å². The number of carboxylic acids is 1. The van der Waals surface area contributed by atoms with Crippen LogP contribution in [0.2, 0.25) is 0 Å². The van der Waals surface area contributed by atoms with Crippen molar-refractivity contribution in [1.82, 2.24) is 9.88 Å². The number of hydrogen-bond donors (Lipinski definition) is 1. The Bertz CT molecular complexity index is 889. The summed E-state index contributed by atoms with van der Waals surface area (Å²) in [4.78, 5) is 28.0. The molecule has 1 N–H and O–H groups in total. The molecule has 0 unspecified atom stereocenters. The lowest BCUT2D eigenvalue weighted by molar-refractivity contribution is -0.192. The van der Waals surface area contributed by atoms with Crippen LogP contribution in [0.25, 0.3) is 0 Å². The Hall–Kier alpha value is -2.94. The Morgan fingerprint density at radius 1 is 1.09 bits per heavy atom. The normalized spacial score (nSPS) is 20.4. The van der Waals surface area contributed by atoms with Crippen molar-refractivity contribution in [3.63, 3.8) is 0 Å². The van der Waals surface area contributed by atoms with E-state index < -0.39 is 12.1 Å². The highest BCUT2D eigenvalue weighted by Crippen LogP contribution is 2.32. The largest absolute Gasteiger partial charge is 0.490 e. The topological polar surface area (TPSA) is 79.7 Å². The molecule has 4 rings (SSSR count). The summed E-state index contributed by atoms with van der Waals surface area (Å²) < 4.78 is 38.0. The van der Waals surface area contributed by atoms with Crippen LogP contribution in [0.3, 0.4) is 0 Å². The summed E-state index contributed by atoms with van der Waals surface area (Å²) in [6.45, 7) is 1.59. The zero-order valence-corrected chi connectivity index (χ0v) is 17.4. The van der Waals surface area contributed by atoms with E-state index in [9.17, 15) is 18.0 Å². The van der Waals surface area contributed by atoms with Crippen molar-refractivity contribution in [3.05, 3.63) is 66.0 Å². The number of amides is 1. The molecule has 0 bridgehead atoms. The van der Waals surface area contributed by atoms with Gasteiger partial charge in [0.2, 0.25) is 0 Å². The van der Waals surface area contributed by atoms with Crippen LogP contribution in [0.4, 0.5) is 13.2 Å². The molecule has 2 heterocycles. The van der Waals surface area contributed by atoms with Crippen LogP contribution in [0.5, 0.6) is 0 Å². The Morgan fingerprint density at radius 3 is 2.34 bits per heavy atom. The Balaban J connectivity index is 0.000000360. The molecule has 2 aromatic rings. The first-order valence-corrected chi connectivity index (χ1v) is 10.4. The van der Waals surface area contributed by atoms with Gasteiger partial charge in [-0.2, -0.15) is 13.2 Å². The van der Waals surface area contributed by atoms with Crippen LogP contribution >= 0.6 is 0 Å². The molecule has 1 aliphatic carbocycles. The molecule has 9 heteroatoms. The number of aliphatic carboxylic acids is 1. The van der Waals surface area contributed by atoms with Crippen LogP contribution in [-0.4, -0.2) is 58.3 Å². The minimum absolute atomic E-state index is 0.0616. The average molecular weight is 450 g/mol. The van der Waals surface area contributed by atoms with Crippen molar-refractivity contribution in [1.29, 1.82) is 0 Å². The Kier molecular flexibility index (Phi) is 7.84. The summed E-state index contributed by atoms with van der Waals surface area (Å²) >= 11 is 0. The van der Waals surface area contributed by atoms with Gasteiger partial charge < -0.3 is 14.7 Å². The molecule has 32 heavy (non-hydrogen) atoms. The lowest BCUT2D eigenvalue weighted by atomic mass is 10.0. The number of halogens is 3. The van der Waals surface area contributed by atoms with E-state index in [1.54, 1.807) is 12.4 Å². The third kappa shape index (κ3) is 6.78. The van der Waals surface area contributed by atoms with E-state index in [4.69, 9.17) is 14.6 Å². The predicted molar refractivity (Wildman–Crippen MR) is 110 cm³/mol. The number of ether oxygens (including phenoxy) is 1. The number of alkyl halides is 3. The first kappa shape index (κ1) is 23.7. The second-order valence-corrected chi connectivity index (χ2v) is 7.90. The van der Waals surface area contributed by atoms with Crippen molar-refractivity contribution in [2.45, 2.75) is 44.0 Å². The number of rotatable bonds is 6. The lowest BCUT2D eigenvalue weighted by Crippen LogP contribution is -2.42. The fraction of sp³-hybridized carbons (Fsp3) is 0.435. The molecule has 172 valence electrons. The molecule has 1 aromatic heterocycles. The molecule has 2 atom stereocenters. The van der Waals surface area contributed by atoms with Gasteiger partial charge in [-0.15, -0.1) is 0 Å². The van der Waals surface area contributed by atoms with Crippen LogP contribution < -0.4 is 0 Å². The Morgan fingerprint density at radius 2 is 1.78 bits per heavy atom. The summed E-state index contributed by atoms with van der Waals surface area (Å²) in [5.74, 6) is -1.96. The molecule has 2 aliphatic rings. The first-order valence-electron chi connectivity index (χ1n) is 10.4. The van der Waals surface area contributed by atoms with E-state index in [1.807, 2.05) is 23.1 Å². The maximum atomic E-state index is 13.0. The maximum absolute atomic E-state index is 13.0. The maximum Gasteiger partial charge on any atom is 0.490 e. The molecule has 0 radical (unpaired) electrons. The number of carbonyl (C=O) groups is 2. The average Bonchev–Trinajstić information content (AvgIpc) is 3.53. The van der Waals surface area contributed by atoms with Crippen LogP contribution in [0.15, 0.2) is 54.9 Å². The third-order valence-corrected chi connectivity index (χ3v) is 5.43. The monoisotopic (exact) mass is 450 g/mol. The van der Waals surface area contributed by atoms with Gasteiger partial charge in [0, 0.05) is 25.5 Å². The SMILES string of the molecule is O=C(O)C(F)(F)F.O=C(c1cccnc1)N1CC[C@@H](OCC2CC2)[C@@H]1Cc1ccccc1. The van der Waals surface area contributed by atoms with Crippen LogP contribution in [0, 0.1) is 5.92 Å². The molecular formula is C23H25F3N2O4. The van der Waals surface area contributed by atoms with Gasteiger partial charge in [0.1, 0.15) is 0 Å². The minimum Gasteiger partial charge on any atom is -0.475 e. The van der Waals surface area contributed by atoms with E-state index >= 15 is 0 Å². The molecule has 1 saturated carbocycles. The number of carbonyl (C=O) groups excluding carboxylic acids is 1. The number of benzene rings is 1. The number of likely N-dealkylation sites (tertiary alicyclic amines) is 1. The van der Waals surface area contributed by atoms with Crippen LogP contribution in [-0.2, 0) is 16.0 Å². The van der Waals surface area contributed by atoms with Crippen molar-refractivity contribution in [2.75, 3.05) is 13.2 Å². The molecule has 1 aliphatic heterocycles. The van der Waals surface area contributed by atoms with E-state index in [2.05, 4.69) is 29.2 Å². The van der Waals surface area contributed by atoms with Crippen molar-refractivity contribution >= 4 is 11.9 Å². The second-order valence-electron chi connectivity index (χ2n) is 7.90. The highest BCUT2D eigenvalue weighted by Gasteiger charge is 2.39. The fourth-order valence-electron chi connectivity index (χ4n) is 3.57. The van der Waals surface area contributed by atoms with Crippen LogP contribution in [0.1, 0.15) is 35.2 Å². The minimum atomic E-state index is -5.08. The van der Waals surface area contributed by atoms with E-state index in [0.29, 0.717) is 5.56 Å². The van der Waals surface area contributed by atoms with Crippen molar-refractivity contribution in [2.24, 2.45) is 5.92 Å². The molecule has 1 saturated heterocycles. The predicted octanol–water partition coefficient (Wildman–Crippen LogP) is 3.97. The smallest absolute Gasteiger partial charge is 0.475 e. The molecule has 2 fully saturated rings. The third-order valence-electron chi connectivity index (χ3n) is 5.43. The van der Waals surface area contributed by atoms with Gasteiger partial charge >= 0.3 is 12.1 Å². The standard InChI is InChI=1S/C21H24N2O2.C2HF3O2/c24-21(18-7-4-11-22-14-18)23-12-10-20(25-15-17-8-9-17)19(23)13-16-5-2-1-3-6-16;3-2(4,5)1(6)7/h1-7,11,14,17,19-20H,8-10,12-13,15H2;(H,6,7)/t19-,20+;/m0./s1. The summed E-state index contributed by atoms with van der Waals surface area (Å²) in [6.07, 6.45) is 2.71. The number of nitrogens with zero attached hydrogens (tertiary/aromatic N) is 2. The van der Waals surface area contributed by atoms with Gasteiger partial charge in [-0.25, -0.2) is 4.79 Å². The quantitative estimate of drug-likeness (QED) is 0.721. The van der Waals surface area contributed by atoms with Gasteiger partial charge in [0.05, 0.1) is 17.7 Å². The molecule has 0 spiro atoms. The summed E-state index contributed by atoms with van der Waals surface area (Å²) in [5, 5.41) is 7.12.